The van der Waals surface area contributed by atoms with Gasteiger partial charge in [-0.2, -0.15) is 0 Å². The molecule has 0 amide bonds. The van der Waals surface area contributed by atoms with Crippen LogP contribution in [0.15, 0.2) is 35.6 Å². The second kappa shape index (κ2) is 4.47. The molecule has 16 heavy (non-hydrogen) atoms. The largest absolute Gasteiger partial charge is 0.266 e. The number of rotatable bonds is 3. The van der Waals surface area contributed by atoms with Crippen LogP contribution in [0.1, 0.15) is 12.5 Å². The van der Waals surface area contributed by atoms with Gasteiger partial charge in [-0.3, -0.25) is 9.29 Å². The van der Waals surface area contributed by atoms with Crippen LogP contribution in [0.25, 0.3) is 0 Å². The molecule has 1 aromatic heterocycles. The van der Waals surface area contributed by atoms with Crippen LogP contribution in [0, 0.1) is 0 Å². The van der Waals surface area contributed by atoms with E-state index in [0.29, 0.717) is 5.88 Å². The number of aromatic nitrogens is 1. The summed E-state index contributed by atoms with van der Waals surface area (Å²) >= 11 is 1.54. The van der Waals surface area contributed by atoms with Crippen molar-refractivity contribution >= 4 is 21.8 Å². The lowest BCUT2D eigenvalue weighted by atomic mass is 10.3. The summed E-state index contributed by atoms with van der Waals surface area (Å²) in [5.41, 5.74) is 0.762. The Hall–Kier alpha value is -1.01. The van der Waals surface area contributed by atoms with Gasteiger partial charge in [0.05, 0.1) is 11.6 Å². The SMILES string of the molecule is CC1=CN(S(=O)(=O)Cc2ccncc2)CS1. The molecule has 0 bridgehead atoms. The molecular weight excluding hydrogens is 244 g/mol. The zero-order valence-corrected chi connectivity index (χ0v) is 10.5. The monoisotopic (exact) mass is 256 g/mol. The minimum Gasteiger partial charge on any atom is -0.266 e. The fourth-order valence-electron chi connectivity index (χ4n) is 1.38. The smallest absolute Gasteiger partial charge is 0.239 e. The maximum Gasteiger partial charge on any atom is 0.239 e. The zero-order chi connectivity index (χ0) is 11.6. The topological polar surface area (TPSA) is 50.3 Å². The van der Waals surface area contributed by atoms with Crippen molar-refractivity contribution in [2.45, 2.75) is 12.7 Å². The Kier molecular flexibility index (Phi) is 3.20. The molecule has 0 aromatic carbocycles. The van der Waals surface area contributed by atoms with Crippen molar-refractivity contribution in [1.82, 2.24) is 9.29 Å². The zero-order valence-electron chi connectivity index (χ0n) is 8.83. The van der Waals surface area contributed by atoms with Crippen LogP contribution < -0.4 is 0 Å². The molecule has 0 radical (unpaired) electrons. The molecule has 0 atom stereocenters. The number of thioether (sulfide) groups is 1. The predicted octanol–water partition coefficient (Wildman–Crippen LogP) is 1.78. The van der Waals surface area contributed by atoms with Crippen molar-refractivity contribution in [1.29, 1.82) is 0 Å². The average Bonchev–Trinajstić information content (AvgIpc) is 2.66. The van der Waals surface area contributed by atoms with Crippen LogP contribution in [0.2, 0.25) is 0 Å². The predicted molar refractivity (Wildman–Crippen MR) is 64.9 cm³/mol. The molecule has 0 saturated heterocycles. The molecule has 2 heterocycles. The van der Waals surface area contributed by atoms with Gasteiger partial charge in [0.15, 0.2) is 0 Å². The van der Waals surface area contributed by atoms with Crippen LogP contribution in [0.3, 0.4) is 0 Å². The molecule has 0 unspecified atom stereocenters. The Labute approximate surface area is 99.4 Å². The van der Waals surface area contributed by atoms with E-state index in [0.717, 1.165) is 10.5 Å². The highest BCUT2D eigenvalue weighted by molar-refractivity contribution is 8.04. The Bertz CT molecular complexity index is 497. The first-order valence-corrected chi connectivity index (χ1v) is 7.37. The second-order valence-electron chi connectivity index (χ2n) is 3.51. The number of hydrogen-bond donors (Lipinski definition) is 0. The molecule has 6 heteroatoms. The molecule has 1 aliphatic rings. The highest BCUT2D eigenvalue weighted by Crippen LogP contribution is 2.27. The maximum atomic E-state index is 12.0. The van der Waals surface area contributed by atoms with E-state index < -0.39 is 10.0 Å². The summed E-state index contributed by atoms with van der Waals surface area (Å²) in [6, 6.07) is 3.44. The lowest BCUT2D eigenvalue weighted by Crippen LogP contribution is -2.24. The summed E-state index contributed by atoms with van der Waals surface area (Å²) in [7, 11) is -3.24. The van der Waals surface area contributed by atoms with Crippen LogP contribution in [-0.4, -0.2) is 23.6 Å². The molecule has 2 rings (SSSR count). The van der Waals surface area contributed by atoms with Gasteiger partial charge >= 0.3 is 0 Å². The molecule has 1 aromatic rings. The van der Waals surface area contributed by atoms with Crippen LogP contribution in [0.4, 0.5) is 0 Å². The summed E-state index contributed by atoms with van der Waals surface area (Å²) in [6.07, 6.45) is 4.89. The van der Waals surface area contributed by atoms with Gasteiger partial charge in [0.1, 0.15) is 0 Å². The Morgan fingerprint density at radius 3 is 2.69 bits per heavy atom. The molecule has 4 nitrogen and oxygen atoms in total. The number of nitrogens with zero attached hydrogens (tertiary/aromatic N) is 2. The van der Waals surface area contributed by atoms with E-state index in [2.05, 4.69) is 4.98 Å². The van der Waals surface area contributed by atoms with E-state index in [-0.39, 0.29) is 5.75 Å². The third-order valence-electron chi connectivity index (χ3n) is 2.20. The standard InChI is InChI=1S/C10H12N2O2S2/c1-9-6-12(8-15-9)16(13,14)7-10-2-4-11-5-3-10/h2-6H,7-8H2,1H3. The van der Waals surface area contributed by atoms with Gasteiger partial charge in [-0.1, -0.05) is 0 Å². The maximum absolute atomic E-state index is 12.0. The summed E-state index contributed by atoms with van der Waals surface area (Å²) in [5, 5.41) is 0. The molecule has 86 valence electrons. The fourth-order valence-corrected chi connectivity index (χ4v) is 3.95. The Morgan fingerprint density at radius 2 is 2.12 bits per heavy atom. The van der Waals surface area contributed by atoms with E-state index in [1.807, 2.05) is 6.92 Å². The molecule has 0 saturated carbocycles. The highest BCUT2D eigenvalue weighted by Gasteiger charge is 2.23. The first kappa shape index (κ1) is 11.5. The lowest BCUT2D eigenvalue weighted by molar-refractivity contribution is 0.534. The van der Waals surface area contributed by atoms with Gasteiger partial charge < -0.3 is 0 Å². The Balaban J connectivity index is 2.15. The van der Waals surface area contributed by atoms with Gasteiger partial charge in [0.2, 0.25) is 10.0 Å². The molecule has 0 spiro atoms. The highest BCUT2D eigenvalue weighted by atomic mass is 32.2. The van der Waals surface area contributed by atoms with Crippen molar-refractivity contribution in [3.8, 4) is 0 Å². The molecule has 1 aliphatic heterocycles. The summed E-state index contributed by atoms with van der Waals surface area (Å²) in [5.74, 6) is 0.513. The Morgan fingerprint density at radius 1 is 1.44 bits per heavy atom. The quantitative estimate of drug-likeness (QED) is 0.827. The number of pyridine rings is 1. The molecule has 0 N–H and O–H groups in total. The van der Waals surface area contributed by atoms with Crippen molar-refractivity contribution in [3.05, 3.63) is 41.2 Å². The van der Waals surface area contributed by atoms with Crippen LogP contribution in [0.5, 0.6) is 0 Å². The lowest BCUT2D eigenvalue weighted by Gasteiger charge is -2.14. The molecule has 0 aliphatic carbocycles. The number of sulfonamides is 1. The van der Waals surface area contributed by atoms with Crippen molar-refractivity contribution in [2.75, 3.05) is 5.88 Å². The average molecular weight is 256 g/mol. The van der Waals surface area contributed by atoms with E-state index in [1.165, 1.54) is 16.1 Å². The van der Waals surface area contributed by atoms with Gasteiger partial charge in [0.25, 0.3) is 0 Å². The minimum atomic E-state index is -3.24. The van der Waals surface area contributed by atoms with Crippen molar-refractivity contribution in [3.63, 3.8) is 0 Å². The number of allylic oxidation sites excluding steroid dienone is 1. The first-order chi connectivity index (χ1) is 7.58. The van der Waals surface area contributed by atoms with E-state index in [1.54, 1.807) is 30.7 Å². The van der Waals surface area contributed by atoms with E-state index in [4.69, 9.17) is 0 Å². The summed E-state index contributed by atoms with van der Waals surface area (Å²) < 4.78 is 25.4. The van der Waals surface area contributed by atoms with Gasteiger partial charge in [0, 0.05) is 23.5 Å². The van der Waals surface area contributed by atoms with Gasteiger partial charge in [-0.05, 0) is 24.6 Å². The fraction of sp³-hybridized carbons (Fsp3) is 0.300. The third-order valence-corrected chi connectivity index (χ3v) is 4.98. The van der Waals surface area contributed by atoms with Crippen molar-refractivity contribution < 1.29 is 8.42 Å². The summed E-state index contributed by atoms with van der Waals surface area (Å²) in [6.45, 7) is 1.91. The van der Waals surface area contributed by atoms with Gasteiger partial charge in [-0.25, -0.2) is 8.42 Å². The first-order valence-electron chi connectivity index (χ1n) is 4.77. The normalized spacial score (nSPS) is 16.3. The molecule has 0 fully saturated rings. The van der Waals surface area contributed by atoms with E-state index >= 15 is 0 Å². The third kappa shape index (κ3) is 2.56. The second-order valence-corrected chi connectivity index (χ2v) is 6.62. The van der Waals surface area contributed by atoms with Gasteiger partial charge in [-0.15, -0.1) is 11.8 Å². The number of hydrogen-bond acceptors (Lipinski definition) is 4. The van der Waals surface area contributed by atoms with Crippen LogP contribution in [-0.2, 0) is 15.8 Å². The van der Waals surface area contributed by atoms with Crippen LogP contribution >= 0.6 is 11.8 Å². The van der Waals surface area contributed by atoms with Crippen molar-refractivity contribution in [2.24, 2.45) is 0 Å². The molecular formula is C10H12N2O2S2. The minimum absolute atomic E-state index is 0.0276. The van der Waals surface area contributed by atoms with E-state index in [9.17, 15) is 8.42 Å². The summed E-state index contributed by atoms with van der Waals surface area (Å²) in [4.78, 5) is 4.89.